The first-order valence-corrected chi connectivity index (χ1v) is 10.8. The lowest BCUT2D eigenvalue weighted by molar-refractivity contribution is -0.139. The normalized spacial score (nSPS) is 12.8. The molecule has 1 saturated carbocycles. The molecule has 1 fully saturated rings. The third kappa shape index (κ3) is 7.06. The Morgan fingerprint density at radius 3 is 2.58 bits per heavy atom. The van der Waals surface area contributed by atoms with E-state index < -0.39 is 11.8 Å². The van der Waals surface area contributed by atoms with Crippen molar-refractivity contribution in [1.29, 1.82) is 0 Å². The van der Waals surface area contributed by atoms with Crippen LogP contribution >= 0.6 is 0 Å². The van der Waals surface area contributed by atoms with Crippen LogP contribution in [-0.4, -0.2) is 43.2 Å². The van der Waals surface area contributed by atoms with Crippen molar-refractivity contribution in [3.8, 4) is 11.5 Å². The summed E-state index contributed by atoms with van der Waals surface area (Å²) in [6, 6.07) is 10.8. The van der Waals surface area contributed by atoms with E-state index in [1.165, 1.54) is 6.21 Å². The molecule has 0 unspecified atom stereocenters. The molecule has 1 aliphatic rings. The number of aryl methyl sites for hydroxylation is 1. The fourth-order valence-corrected chi connectivity index (χ4v) is 2.90. The zero-order valence-electron chi connectivity index (χ0n) is 18.9. The predicted molar refractivity (Wildman–Crippen MR) is 125 cm³/mol. The van der Waals surface area contributed by atoms with E-state index in [-0.39, 0.29) is 18.6 Å². The van der Waals surface area contributed by atoms with Crippen LogP contribution in [0.2, 0.25) is 0 Å². The zero-order valence-corrected chi connectivity index (χ0v) is 18.9. The van der Waals surface area contributed by atoms with Gasteiger partial charge in [0.05, 0.1) is 12.8 Å². The summed E-state index contributed by atoms with van der Waals surface area (Å²) in [6.07, 6.45) is 3.18. The van der Waals surface area contributed by atoms with Crippen LogP contribution in [0.1, 0.15) is 36.5 Å². The van der Waals surface area contributed by atoms with Crippen molar-refractivity contribution in [3.63, 3.8) is 0 Å². The number of carbonyl (C=O) groups excluding carboxylic acids is 3. The van der Waals surface area contributed by atoms with E-state index in [9.17, 15) is 14.4 Å². The highest BCUT2D eigenvalue weighted by molar-refractivity contribution is 6.35. The minimum Gasteiger partial charge on any atom is -0.490 e. The van der Waals surface area contributed by atoms with Gasteiger partial charge in [0.25, 0.3) is 5.91 Å². The highest BCUT2D eigenvalue weighted by Crippen LogP contribution is 2.28. The predicted octanol–water partition coefficient (Wildman–Crippen LogP) is 2.45. The van der Waals surface area contributed by atoms with Crippen LogP contribution in [0.4, 0.5) is 5.69 Å². The molecule has 1 aliphatic carbocycles. The Kier molecular flexibility index (Phi) is 8.01. The molecule has 0 spiro atoms. The van der Waals surface area contributed by atoms with Crippen molar-refractivity contribution >= 4 is 29.6 Å². The van der Waals surface area contributed by atoms with Gasteiger partial charge in [0.1, 0.15) is 0 Å². The summed E-state index contributed by atoms with van der Waals surface area (Å²) in [5.41, 5.74) is 5.65. The molecule has 2 aromatic rings. The van der Waals surface area contributed by atoms with Crippen LogP contribution in [-0.2, 0) is 14.4 Å². The van der Waals surface area contributed by atoms with Crippen LogP contribution in [0.5, 0.6) is 11.5 Å². The third-order valence-corrected chi connectivity index (χ3v) is 5.00. The van der Waals surface area contributed by atoms with Gasteiger partial charge in [-0.15, -0.1) is 0 Å². The molecule has 2 aromatic carbocycles. The third-order valence-electron chi connectivity index (χ3n) is 5.00. The summed E-state index contributed by atoms with van der Waals surface area (Å²) in [4.78, 5) is 35.7. The Labute approximate surface area is 192 Å². The maximum absolute atomic E-state index is 12.3. The second kappa shape index (κ2) is 11.1. The van der Waals surface area contributed by atoms with Crippen molar-refractivity contribution in [2.45, 2.75) is 39.7 Å². The van der Waals surface area contributed by atoms with E-state index >= 15 is 0 Å². The Morgan fingerprint density at radius 2 is 1.85 bits per heavy atom. The molecule has 0 radical (unpaired) electrons. The molecule has 9 heteroatoms. The highest BCUT2D eigenvalue weighted by atomic mass is 16.5. The lowest BCUT2D eigenvalue weighted by Gasteiger charge is -2.14. The molecular formula is C24H28N4O5. The molecule has 33 heavy (non-hydrogen) atoms. The van der Waals surface area contributed by atoms with Gasteiger partial charge in [-0.1, -0.05) is 12.1 Å². The second-order valence-electron chi connectivity index (χ2n) is 7.67. The van der Waals surface area contributed by atoms with Gasteiger partial charge >= 0.3 is 11.8 Å². The molecule has 0 aliphatic heterocycles. The molecule has 0 heterocycles. The Balaban J connectivity index is 1.57. The standard InChI is InChI=1S/C24H28N4O5/c1-4-32-21-12-17(13-25-28-24(31)23(30)26-18-9-10-18)8-11-20(21)33-14-22(29)27-19-7-5-6-15(2)16(19)3/h5-8,11-13,18H,4,9-10,14H2,1-3H3,(H,26,30)(H,27,29)(H,28,31)/b25-13-. The number of nitrogens with zero attached hydrogens (tertiary/aromatic N) is 1. The van der Waals surface area contributed by atoms with Crippen molar-refractivity contribution in [2.75, 3.05) is 18.5 Å². The first kappa shape index (κ1) is 23.8. The second-order valence-corrected chi connectivity index (χ2v) is 7.67. The van der Waals surface area contributed by atoms with Gasteiger partial charge in [0, 0.05) is 11.7 Å². The molecule has 0 aromatic heterocycles. The van der Waals surface area contributed by atoms with E-state index in [1.54, 1.807) is 18.2 Å². The maximum atomic E-state index is 12.3. The summed E-state index contributed by atoms with van der Waals surface area (Å²) in [6.45, 7) is 5.96. The minimum atomic E-state index is -0.821. The van der Waals surface area contributed by atoms with Crippen LogP contribution in [0, 0.1) is 13.8 Å². The summed E-state index contributed by atoms with van der Waals surface area (Å²) in [5.74, 6) is -0.980. The number of carbonyl (C=O) groups is 3. The fourth-order valence-electron chi connectivity index (χ4n) is 2.90. The van der Waals surface area contributed by atoms with Crippen molar-refractivity contribution < 1.29 is 23.9 Å². The van der Waals surface area contributed by atoms with Gasteiger partial charge in [0.15, 0.2) is 18.1 Å². The number of hydrogen-bond donors (Lipinski definition) is 3. The number of rotatable bonds is 9. The molecule has 0 bridgehead atoms. The average molecular weight is 453 g/mol. The number of hydrogen-bond acceptors (Lipinski definition) is 6. The molecule has 9 nitrogen and oxygen atoms in total. The summed E-state index contributed by atoms with van der Waals surface area (Å²) >= 11 is 0. The molecule has 3 rings (SSSR count). The van der Waals surface area contributed by atoms with Gasteiger partial charge in [-0.2, -0.15) is 5.10 Å². The van der Waals surface area contributed by atoms with E-state index in [4.69, 9.17) is 9.47 Å². The largest absolute Gasteiger partial charge is 0.490 e. The van der Waals surface area contributed by atoms with Crippen LogP contribution in [0.15, 0.2) is 41.5 Å². The van der Waals surface area contributed by atoms with Gasteiger partial charge in [-0.05, 0) is 74.6 Å². The highest BCUT2D eigenvalue weighted by Gasteiger charge is 2.26. The van der Waals surface area contributed by atoms with Crippen molar-refractivity contribution in [3.05, 3.63) is 53.1 Å². The fraction of sp³-hybridized carbons (Fsp3) is 0.333. The SMILES string of the molecule is CCOc1cc(/C=N\NC(=O)C(=O)NC2CC2)ccc1OCC(=O)Nc1cccc(C)c1C. The van der Waals surface area contributed by atoms with E-state index in [0.717, 1.165) is 29.7 Å². The number of hydrazone groups is 1. The smallest absolute Gasteiger partial charge is 0.329 e. The first-order valence-electron chi connectivity index (χ1n) is 10.8. The van der Waals surface area contributed by atoms with E-state index in [0.29, 0.717) is 23.7 Å². The van der Waals surface area contributed by atoms with E-state index in [2.05, 4.69) is 21.2 Å². The van der Waals surface area contributed by atoms with Crippen LogP contribution in [0.3, 0.4) is 0 Å². The average Bonchev–Trinajstić information content (AvgIpc) is 3.60. The minimum absolute atomic E-state index is 0.0939. The van der Waals surface area contributed by atoms with Gasteiger partial charge in [-0.25, -0.2) is 5.43 Å². The Bertz CT molecular complexity index is 1060. The Hall–Kier alpha value is -3.88. The molecule has 0 saturated heterocycles. The monoisotopic (exact) mass is 452 g/mol. The quantitative estimate of drug-likeness (QED) is 0.307. The van der Waals surface area contributed by atoms with Gasteiger partial charge in [0.2, 0.25) is 0 Å². The van der Waals surface area contributed by atoms with E-state index in [1.807, 2.05) is 39.0 Å². The van der Waals surface area contributed by atoms with Crippen LogP contribution < -0.4 is 25.5 Å². The topological polar surface area (TPSA) is 118 Å². The number of amides is 3. The summed E-state index contributed by atoms with van der Waals surface area (Å²) < 4.78 is 11.3. The summed E-state index contributed by atoms with van der Waals surface area (Å²) in [7, 11) is 0. The van der Waals surface area contributed by atoms with Crippen molar-refractivity contribution in [2.24, 2.45) is 5.10 Å². The number of anilines is 1. The lowest BCUT2D eigenvalue weighted by Crippen LogP contribution is -2.38. The van der Waals surface area contributed by atoms with Crippen LogP contribution in [0.25, 0.3) is 0 Å². The van der Waals surface area contributed by atoms with Gasteiger partial charge < -0.3 is 20.1 Å². The number of nitrogens with one attached hydrogen (secondary N) is 3. The molecule has 174 valence electrons. The van der Waals surface area contributed by atoms with Crippen molar-refractivity contribution in [1.82, 2.24) is 10.7 Å². The summed E-state index contributed by atoms with van der Waals surface area (Å²) in [5, 5.41) is 9.25. The maximum Gasteiger partial charge on any atom is 0.329 e. The lowest BCUT2D eigenvalue weighted by atomic mass is 10.1. The zero-order chi connectivity index (χ0) is 23.8. The molecule has 3 amide bonds. The number of benzene rings is 2. The number of ether oxygens (including phenoxy) is 2. The molecular weight excluding hydrogens is 424 g/mol. The first-order chi connectivity index (χ1) is 15.9. The molecule has 3 N–H and O–H groups in total. The molecule has 0 atom stereocenters. The Morgan fingerprint density at radius 1 is 1.06 bits per heavy atom. The van der Waals surface area contributed by atoms with Gasteiger partial charge in [-0.3, -0.25) is 14.4 Å².